The lowest BCUT2D eigenvalue weighted by molar-refractivity contribution is -0.305. The Hall–Kier alpha value is -1.85. The summed E-state index contributed by atoms with van der Waals surface area (Å²) in [5.74, 6) is -0.464. The molecule has 0 aromatic rings. The zero-order valence-corrected chi connectivity index (χ0v) is 19.8. The Labute approximate surface area is 201 Å². The molecule has 1 fully saturated rings. The lowest BCUT2D eigenvalue weighted by Gasteiger charge is -2.39. The lowest BCUT2D eigenvalue weighted by Crippen LogP contribution is -2.59. The first kappa shape index (κ1) is 30.2. The van der Waals surface area contributed by atoms with Crippen molar-refractivity contribution in [3.8, 4) is 0 Å². The summed E-state index contributed by atoms with van der Waals surface area (Å²) in [4.78, 5) is 11.8. The molecule has 0 aromatic heterocycles. The SMILES string of the molecule is CCC=CCC=CCC=CCC=CCCC(=O)OCC(O)COC1OC(CO)C(O)C(O)C1O. The van der Waals surface area contributed by atoms with Crippen molar-refractivity contribution in [1.82, 2.24) is 0 Å². The monoisotopic (exact) mass is 484 g/mol. The van der Waals surface area contributed by atoms with Crippen molar-refractivity contribution in [2.24, 2.45) is 0 Å². The van der Waals surface area contributed by atoms with Gasteiger partial charge in [-0.15, -0.1) is 0 Å². The molecular formula is C25H40O9. The van der Waals surface area contributed by atoms with Crippen LogP contribution in [0.15, 0.2) is 48.6 Å². The van der Waals surface area contributed by atoms with Crippen LogP contribution in [0.4, 0.5) is 0 Å². The van der Waals surface area contributed by atoms with Gasteiger partial charge in [0.2, 0.25) is 0 Å². The fourth-order valence-corrected chi connectivity index (χ4v) is 3.02. The molecule has 1 heterocycles. The highest BCUT2D eigenvalue weighted by molar-refractivity contribution is 5.69. The topological polar surface area (TPSA) is 146 Å². The molecule has 0 aromatic carbocycles. The molecule has 0 saturated carbocycles. The summed E-state index contributed by atoms with van der Waals surface area (Å²) >= 11 is 0. The van der Waals surface area contributed by atoms with Crippen molar-refractivity contribution in [3.63, 3.8) is 0 Å². The fraction of sp³-hybridized carbons (Fsp3) is 0.640. The summed E-state index contributed by atoms with van der Waals surface area (Å²) in [6.45, 7) is 0.890. The van der Waals surface area contributed by atoms with Crippen molar-refractivity contribution in [2.45, 2.75) is 82.3 Å². The van der Waals surface area contributed by atoms with Crippen LogP contribution in [0.3, 0.4) is 0 Å². The van der Waals surface area contributed by atoms with Crippen molar-refractivity contribution in [1.29, 1.82) is 0 Å². The molecule has 0 bridgehead atoms. The number of aliphatic hydroxyl groups excluding tert-OH is 5. The van der Waals surface area contributed by atoms with E-state index in [2.05, 4.69) is 43.4 Å². The largest absolute Gasteiger partial charge is 0.463 e. The molecule has 0 amide bonds. The number of carbonyl (C=O) groups is 1. The molecule has 1 saturated heterocycles. The Morgan fingerprint density at radius 3 is 2.06 bits per heavy atom. The number of rotatable bonds is 16. The van der Waals surface area contributed by atoms with E-state index in [4.69, 9.17) is 19.3 Å². The number of ether oxygens (including phenoxy) is 3. The zero-order chi connectivity index (χ0) is 25.2. The van der Waals surface area contributed by atoms with Crippen LogP contribution in [0, 0.1) is 0 Å². The van der Waals surface area contributed by atoms with Crippen LogP contribution in [0.25, 0.3) is 0 Å². The third-order valence-corrected chi connectivity index (χ3v) is 4.97. The first-order valence-electron chi connectivity index (χ1n) is 11.8. The Morgan fingerprint density at radius 1 is 0.882 bits per heavy atom. The van der Waals surface area contributed by atoms with Crippen LogP contribution < -0.4 is 0 Å². The van der Waals surface area contributed by atoms with E-state index in [9.17, 15) is 25.2 Å². The van der Waals surface area contributed by atoms with E-state index in [1.54, 1.807) is 0 Å². The van der Waals surface area contributed by atoms with Gasteiger partial charge in [-0.25, -0.2) is 0 Å². The Bertz CT molecular complexity index is 657. The van der Waals surface area contributed by atoms with Gasteiger partial charge in [0, 0.05) is 6.42 Å². The van der Waals surface area contributed by atoms with E-state index >= 15 is 0 Å². The molecule has 0 radical (unpaired) electrons. The van der Waals surface area contributed by atoms with Crippen LogP contribution in [-0.2, 0) is 19.0 Å². The molecule has 0 spiro atoms. The molecule has 1 aliphatic rings. The van der Waals surface area contributed by atoms with Crippen molar-refractivity contribution in [3.05, 3.63) is 48.6 Å². The number of hydrogen-bond acceptors (Lipinski definition) is 9. The smallest absolute Gasteiger partial charge is 0.306 e. The van der Waals surface area contributed by atoms with E-state index in [-0.39, 0.29) is 19.6 Å². The number of allylic oxidation sites excluding steroid dienone is 8. The molecule has 0 aliphatic carbocycles. The van der Waals surface area contributed by atoms with Gasteiger partial charge in [-0.05, 0) is 32.1 Å². The minimum absolute atomic E-state index is 0.175. The summed E-state index contributed by atoms with van der Waals surface area (Å²) < 4.78 is 15.4. The second-order valence-electron chi connectivity index (χ2n) is 7.91. The van der Waals surface area contributed by atoms with Crippen LogP contribution in [-0.4, -0.2) is 88.1 Å². The van der Waals surface area contributed by atoms with E-state index in [0.29, 0.717) is 6.42 Å². The first-order valence-corrected chi connectivity index (χ1v) is 11.8. The zero-order valence-electron chi connectivity index (χ0n) is 19.8. The highest BCUT2D eigenvalue weighted by atomic mass is 16.7. The van der Waals surface area contributed by atoms with E-state index in [0.717, 1.165) is 25.7 Å². The van der Waals surface area contributed by atoms with E-state index in [1.165, 1.54) is 0 Å². The Balaban J connectivity index is 2.13. The molecule has 1 aliphatic heterocycles. The molecule has 194 valence electrons. The van der Waals surface area contributed by atoms with Gasteiger partial charge >= 0.3 is 5.97 Å². The third-order valence-electron chi connectivity index (χ3n) is 4.97. The van der Waals surface area contributed by atoms with Gasteiger partial charge in [-0.1, -0.05) is 55.5 Å². The molecule has 5 N–H and O–H groups in total. The van der Waals surface area contributed by atoms with Gasteiger partial charge in [0.15, 0.2) is 6.29 Å². The quantitative estimate of drug-likeness (QED) is 0.162. The van der Waals surface area contributed by atoms with Crippen LogP contribution in [0.2, 0.25) is 0 Å². The maximum atomic E-state index is 11.8. The maximum Gasteiger partial charge on any atom is 0.306 e. The first-order chi connectivity index (χ1) is 16.4. The normalized spacial score (nSPS) is 26.8. The molecule has 34 heavy (non-hydrogen) atoms. The molecule has 6 atom stereocenters. The molecule has 9 heteroatoms. The third kappa shape index (κ3) is 12.6. The van der Waals surface area contributed by atoms with Crippen LogP contribution >= 0.6 is 0 Å². The molecular weight excluding hydrogens is 444 g/mol. The number of hydrogen-bond donors (Lipinski definition) is 5. The molecule has 6 unspecified atom stereocenters. The Morgan fingerprint density at radius 2 is 1.47 bits per heavy atom. The highest BCUT2D eigenvalue weighted by Gasteiger charge is 2.44. The average molecular weight is 485 g/mol. The Kier molecular flexibility index (Phi) is 16.4. The van der Waals surface area contributed by atoms with Crippen LogP contribution in [0.5, 0.6) is 0 Å². The van der Waals surface area contributed by atoms with Gasteiger partial charge in [-0.3, -0.25) is 4.79 Å². The molecule has 1 rings (SSSR count). The number of aliphatic hydroxyl groups is 5. The van der Waals surface area contributed by atoms with Crippen molar-refractivity contribution < 1.29 is 44.5 Å². The summed E-state index contributed by atoms with van der Waals surface area (Å²) in [7, 11) is 0. The minimum atomic E-state index is -1.57. The minimum Gasteiger partial charge on any atom is -0.463 e. The highest BCUT2D eigenvalue weighted by Crippen LogP contribution is 2.22. The summed E-state index contributed by atoms with van der Waals surface area (Å²) in [5, 5.41) is 48.4. The van der Waals surface area contributed by atoms with E-state index in [1.807, 2.05) is 12.2 Å². The van der Waals surface area contributed by atoms with Gasteiger partial charge in [0.1, 0.15) is 37.1 Å². The van der Waals surface area contributed by atoms with Gasteiger partial charge in [0.25, 0.3) is 0 Å². The summed E-state index contributed by atoms with van der Waals surface area (Å²) in [6.07, 6.45) is 12.7. The number of esters is 1. The maximum absolute atomic E-state index is 11.8. The van der Waals surface area contributed by atoms with Crippen molar-refractivity contribution >= 4 is 5.97 Å². The predicted octanol–water partition coefficient (Wildman–Crippen LogP) is 1.29. The summed E-state index contributed by atoms with van der Waals surface area (Å²) in [5.41, 5.74) is 0. The lowest BCUT2D eigenvalue weighted by atomic mass is 9.99. The number of carbonyl (C=O) groups excluding carboxylic acids is 1. The van der Waals surface area contributed by atoms with Crippen LogP contribution in [0.1, 0.15) is 45.4 Å². The van der Waals surface area contributed by atoms with E-state index < -0.39 is 49.4 Å². The summed E-state index contributed by atoms with van der Waals surface area (Å²) in [6, 6.07) is 0. The average Bonchev–Trinajstić information content (AvgIpc) is 2.83. The van der Waals surface area contributed by atoms with Gasteiger partial charge in [0.05, 0.1) is 13.2 Å². The van der Waals surface area contributed by atoms with Gasteiger partial charge < -0.3 is 39.7 Å². The predicted molar refractivity (Wildman–Crippen MR) is 127 cm³/mol. The fourth-order valence-electron chi connectivity index (χ4n) is 3.02. The van der Waals surface area contributed by atoms with Gasteiger partial charge in [-0.2, -0.15) is 0 Å². The second-order valence-corrected chi connectivity index (χ2v) is 7.91. The van der Waals surface area contributed by atoms with Crippen molar-refractivity contribution in [2.75, 3.05) is 19.8 Å². The molecule has 9 nitrogen and oxygen atoms in total. The second kappa shape index (κ2) is 18.5. The standard InChI is InChI=1S/C25H40O9/c1-2-3-4-5-6-7-8-9-10-11-12-13-14-15-21(28)32-17-19(27)18-33-25-24(31)23(30)22(29)20(16-26)34-25/h3-4,6-7,9-10,12-13,19-20,22-27,29-31H,2,5,8,11,14-18H2,1H3.